The van der Waals surface area contributed by atoms with Gasteiger partial charge in [-0.2, -0.15) is 0 Å². The molecule has 0 spiro atoms. The van der Waals surface area contributed by atoms with Crippen LogP contribution in [-0.2, 0) is 7.05 Å². The normalized spacial score (nSPS) is 11.1. The first-order valence-electron chi connectivity index (χ1n) is 6.52. The van der Waals surface area contributed by atoms with Gasteiger partial charge < -0.3 is 4.90 Å². The first kappa shape index (κ1) is 13.3. The molecule has 0 saturated carbocycles. The highest BCUT2D eigenvalue weighted by Gasteiger charge is 2.01. The van der Waals surface area contributed by atoms with Crippen molar-refractivity contribution in [2.45, 2.75) is 13.8 Å². The monoisotopic (exact) mass is 258 g/mol. The van der Waals surface area contributed by atoms with E-state index in [1.54, 1.807) is 22.0 Å². The SMILES string of the molecule is CCN(CC)c1ccc(/C=N/[n+]2cnn(C)c2)cc1. The number of anilines is 1. The van der Waals surface area contributed by atoms with Crippen LogP contribution in [0.15, 0.2) is 42.0 Å². The molecule has 0 fully saturated rings. The average Bonchev–Trinajstić information content (AvgIpc) is 2.85. The maximum absolute atomic E-state index is 4.31. The van der Waals surface area contributed by atoms with Crippen LogP contribution < -0.4 is 9.58 Å². The molecule has 0 bridgehead atoms. The zero-order valence-corrected chi connectivity index (χ0v) is 11.7. The molecule has 2 rings (SSSR count). The first-order chi connectivity index (χ1) is 9.22. The van der Waals surface area contributed by atoms with Crippen LogP contribution in [0.3, 0.4) is 0 Å². The lowest BCUT2D eigenvalue weighted by Crippen LogP contribution is -2.24. The van der Waals surface area contributed by atoms with Crippen LogP contribution in [0.5, 0.6) is 0 Å². The van der Waals surface area contributed by atoms with Crippen molar-refractivity contribution in [2.24, 2.45) is 12.1 Å². The van der Waals surface area contributed by atoms with E-state index in [1.807, 2.05) is 13.3 Å². The minimum atomic E-state index is 1.02. The standard InChI is InChI=1S/C14H20N5/c1-4-18(5-2)14-8-6-13(7-9-14)10-15-19-11-16-17(3)12-19/h6-12H,4-5H2,1-3H3/q+1/b15-10+. The van der Waals surface area contributed by atoms with E-state index >= 15 is 0 Å². The molecule has 0 unspecified atom stereocenters. The zero-order chi connectivity index (χ0) is 13.7. The summed E-state index contributed by atoms with van der Waals surface area (Å²) >= 11 is 0. The predicted octanol–water partition coefficient (Wildman–Crippen LogP) is 1.44. The van der Waals surface area contributed by atoms with Gasteiger partial charge in [0.15, 0.2) is 0 Å². The second-order valence-electron chi connectivity index (χ2n) is 4.31. The van der Waals surface area contributed by atoms with Gasteiger partial charge in [0, 0.05) is 23.9 Å². The largest absolute Gasteiger partial charge is 0.372 e. The lowest BCUT2D eigenvalue weighted by molar-refractivity contribution is -0.679. The van der Waals surface area contributed by atoms with Gasteiger partial charge in [-0.25, -0.2) is 0 Å². The molecule has 0 aliphatic rings. The van der Waals surface area contributed by atoms with Crippen molar-refractivity contribution in [3.8, 4) is 0 Å². The number of hydrogen-bond acceptors (Lipinski definition) is 3. The Bertz CT molecular complexity index is 537. The molecule has 1 aromatic heterocycles. The Morgan fingerprint density at radius 3 is 2.47 bits per heavy atom. The maximum atomic E-state index is 4.31. The van der Waals surface area contributed by atoms with Crippen LogP contribution in [0.4, 0.5) is 5.69 Å². The molecule has 5 heteroatoms. The number of aryl methyl sites for hydroxylation is 1. The highest BCUT2D eigenvalue weighted by atomic mass is 15.5. The van der Waals surface area contributed by atoms with Gasteiger partial charge in [-0.1, -0.05) is 12.1 Å². The van der Waals surface area contributed by atoms with Crippen LogP contribution >= 0.6 is 0 Å². The molecule has 0 saturated heterocycles. The van der Waals surface area contributed by atoms with E-state index in [2.05, 4.69) is 53.2 Å². The van der Waals surface area contributed by atoms with Gasteiger partial charge in [-0.15, -0.1) is 14.5 Å². The van der Waals surface area contributed by atoms with E-state index in [0.29, 0.717) is 0 Å². The molecule has 0 radical (unpaired) electrons. The van der Waals surface area contributed by atoms with E-state index in [0.717, 1.165) is 18.7 Å². The molecule has 0 amide bonds. The van der Waals surface area contributed by atoms with Crippen LogP contribution in [0.2, 0.25) is 0 Å². The van der Waals surface area contributed by atoms with E-state index in [9.17, 15) is 0 Å². The molecular formula is C14H20N5+. The summed E-state index contributed by atoms with van der Waals surface area (Å²) in [5.41, 5.74) is 2.32. The van der Waals surface area contributed by atoms with E-state index in [-0.39, 0.29) is 0 Å². The lowest BCUT2D eigenvalue weighted by atomic mass is 10.2. The van der Waals surface area contributed by atoms with Gasteiger partial charge in [0.2, 0.25) is 6.33 Å². The summed E-state index contributed by atoms with van der Waals surface area (Å²) in [7, 11) is 1.87. The molecule has 0 aliphatic carbocycles. The van der Waals surface area contributed by atoms with Crippen LogP contribution in [0, 0.1) is 0 Å². The number of benzene rings is 1. The third-order valence-corrected chi connectivity index (χ3v) is 3.00. The molecule has 0 atom stereocenters. The van der Waals surface area contributed by atoms with Crippen molar-refractivity contribution in [1.82, 2.24) is 9.78 Å². The summed E-state index contributed by atoms with van der Waals surface area (Å²) in [4.78, 5) is 2.32. The number of aromatic nitrogens is 3. The van der Waals surface area contributed by atoms with Crippen LogP contribution in [0.1, 0.15) is 19.4 Å². The fourth-order valence-electron chi connectivity index (χ4n) is 1.92. The van der Waals surface area contributed by atoms with Crippen molar-refractivity contribution in [2.75, 3.05) is 18.0 Å². The van der Waals surface area contributed by atoms with Crippen molar-refractivity contribution in [3.63, 3.8) is 0 Å². The van der Waals surface area contributed by atoms with Crippen molar-refractivity contribution in [3.05, 3.63) is 42.5 Å². The smallest absolute Gasteiger partial charge is 0.288 e. The maximum Gasteiger partial charge on any atom is 0.288 e. The lowest BCUT2D eigenvalue weighted by Gasteiger charge is -2.20. The summed E-state index contributed by atoms with van der Waals surface area (Å²) in [6.07, 6.45) is 5.30. The van der Waals surface area contributed by atoms with Gasteiger partial charge in [0.25, 0.3) is 6.33 Å². The second kappa shape index (κ2) is 6.13. The highest BCUT2D eigenvalue weighted by molar-refractivity contribution is 5.79. The van der Waals surface area contributed by atoms with Gasteiger partial charge >= 0.3 is 0 Å². The van der Waals surface area contributed by atoms with E-state index in [4.69, 9.17) is 0 Å². The Balaban J connectivity index is 2.08. The van der Waals surface area contributed by atoms with E-state index < -0.39 is 0 Å². The molecule has 1 heterocycles. The topological polar surface area (TPSA) is 37.3 Å². The Labute approximate surface area is 113 Å². The van der Waals surface area contributed by atoms with Gasteiger partial charge in [0.1, 0.15) is 0 Å². The molecule has 5 nitrogen and oxygen atoms in total. The fraction of sp³-hybridized carbons (Fsp3) is 0.357. The molecular weight excluding hydrogens is 238 g/mol. The minimum Gasteiger partial charge on any atom is -0.372 e. The van der Waals surface area contributed by atoms with Crippen molar-refractivity contribution < 1.29 is 4.68 Å². The van der Waals surface area contributed by atoms with Crippen LogP contribution in [0.25, 0.3) is 0 Å². The third-order valence-electron chi connectivity index (χ3n) is 3.00. The number of rotatable bonds is 5. The zero-order valence-electron chi connectivity index (χ0n) is 11.7. The van der Waals surface area contributed by atoms with Gasteiger partial charge in [-0.3, -0.25) is 0 Å². The first-order valence-corrected chi connectivity index (χ1v) is 6.52. The average molecular weight is 258 g/mol. The highest BCUT2D eigenvalue weighted by Crippen LogP contribution is 2.13. The number of hydrogen-bond donors (Lipinski definition) is 0. The molecule has 100 valence electrons. The van der Waals surface area contributed by atoms with E-state index in [1.165, 1.54) is 5.69 Å². The Morgan fingerprint density at radius 2 is 1.95 bits per heavy atom. The van der Waals surface area contributed by atoms with Gasteiger partial charge in [-0.05, 0) is 31.5 Å². The molecule has 2 aromatic rings. The second-order valence-corrected chi connectivity index (χ2v) is 4.31. The van der Waals surface area contributed by atoms with Crippen molar-refractivity contribution in [1.29, 1.82) is 0 Å². The molecule has 19 heavy (non-hydrogen) atoms. The summed E-state index contributed by atoms with van der Waals surface area (Å²) in [5.74, 6) is 0. The predicted molar refractivity (Wildman–Crippen MR) is 76.4 cm³/mol. The quantitative estimate of drug-likeness (QED) is 0.601. The number of nitrogens with zero attached hydrogens (tertiary/aromatic N) is 5. The summed E-state index contributed by atoms with van der Waals surface area (Å²) in [5, 5.41) is 8.35. The van der Waals surface area contributed by atoms with Crippen LogP contribution in [-0.4, -0.2) is 29.1 Å². The Morgan fingerprint density at radius 1 is 1.26 bits per heavy atom. The summed E-state index contributed by atoms with van der Waals surface area (Å²) in [6, 6.07) is 8.41. The Kier molecular flexibility index (Phi) is 4.28. The van der Waals surface area contributed by atoms with Gasteiger partial charge in [0.05, 0.1) is 13.3 Å². The fourth-order valence-corrected chi connectivity index (χ4v) is 1.92. The third kappa shape index (κ3) is 3.40. The summed E-state index contributed by atoms with van der Waals surface area (Å²) < 4.78 is 3.39. The Hall–Kier alpha value is -2.17. The molecule has 1 aromatic carbocycles. The summed E-state index contributed by atoms with van der Waals surface area (Å²) in [6.45, 7) is 6.38. The molecule has 0 aliphatic heterocycles. The minimum absolute atomic E-state index is 1.02. The molecule has 0 N–H and O–H groups in total. The van der Waals surface area contributed by atoms with Crippen molar-refractivity contribution >= 4 is 11.9 Å².